The van der Waals surface area contributed by atoms with Crippen molar-refractivity contribution in [3.63, 3.8) is 0 Å². The molecule has 0 spiro atoms. The average Bonchev–Trinajstić information content (AvgIpc) is 2.85. The highest BCUT2D eigenvalue weighted by Gasteiger charge is 2.14. The van der Waals surface area contributed by atoms with Crippen molar-refractivity contribution in [3.8, 4) is 0 Å². The standard InChI is InChI=1S/C13H16Cl2N2O.ClH/c14-11-2-1-10(7-12(11)15)13(18)17-6-4-9-3-5-16-8-9;/h1-2,7,9,16H,3-6,8H2,(H,17,18);1H. The zero-order valence-electron chi connectivity index (χ0n) is 10.4. The van der Waals surface area contributed by atoms with Gasteiger partial charge < -0.3 is 10.6 Å². The highest BCUT2D eigenvalue weighted by atomic mass is 35.5. The van der Waals surface area contributed by atoms with E-state index < -0.39 is 0 Å². The molecule has 1 amide bonds. The van der Waals surface area contributed by atoms with Crippen LogP contribution in [0.1, 0.15) is 23.2 Å². The minimum Gasteiger partial charge on any atom is -0.352 e. The van der Waals surface area contributed by atoms with Gasteiger partial charge >= 0.3 is 0 Å². The van der Waals surface area contributed by atoms with Crippen molar-refractivity contribution in [1.29, 1.82) is 0 Å². The molecule has 1 aliphatic rings. The van der Waals surface area contributed by atoms with Gasteiger partial charge in [0.15, 0.2) is 0 Å². The molecule has 1 unspecified atom stereocenters. The van der Waals surface area contributed by atoms with E-state index in [9.17, 15) is 4.79 Å². The number of nitrogens with one attached hydrogen (secondary N) is 2. The molecule has 0 aliphatic carbocycles. The summed E-state index contributed by atoms with van der Waals surface area (Å²) in [5, 5.41) is 7.09. The highest BCUT2D eigenvalue weighted by Crippen LogP contribution is 2.22. The van der Waals surface area contributed by atoms with Crippen LogP contribution in [0, 0.1) is 5.92 Å². The van der Waals surface area contributed by atoms with Gasteiger partial charge in [0, 0.05) is 12.1 Å². The summed E-state index contributed by atoms with van der Waals surface area (Å²) in [7, 11) is 0. The number of benzene rings is 1. The zero-order valence-corrected chi connectivity index (χ0v) is 12.7. The summed E-state index contributed by atoms with van der Waals surface area (Å²) in [4.78, 5) is 11.9. The van der Waals surface area contributed by atoms with Crippen LogP contribution in [0.15, 0.2) is 18.2 Å². The summed E-state index contributed by atoms with van der Waals surface area (Å²) in [6, 6.07) is 4.91. The predicted octanol–water partition coefficient (Wildman–Crippen LogP) is 3.14. The van der Waals surface area contributed by atoms with Gasteiger partial charge in [-0.15, -0.1) is 12.4 Å². The van der Waals surface area contributed by atoms with Gasteiger partial charge in [0.2, 0.25) is 0 Å². The van der Waals surface area contributed by atoms with Crippen molar-refractivity contribution in [2.24, 2.45) is 5.92 Å². The first-order valence-corrected chi connectivity index (χ1v) is 6.86. The lowest BCUT2D eigenvalue weighted by molar-refractivity contribution is 0.0951. The smallest absolute Gasteiger partial charge is 0.251 e. The summed E-state index contributed by atoms with van der Waals surface area (Å²) in [5.41, 5.74) is 0.550. The van der Waals surface area contributed by atoms with Gasteiger partial charge in [-0.05, 0) is 50.0 Å². The summed E-state index contributed by atoms with van der Waals surface area (Å²) in [6.45, 7) is 2.85. The van der Waals surface area contributed by atoms with Crippen LogP contribution in [0.5, 0.6) is 0 Å². The number of amides is 1. The minimum absolute atomic E-state index is 0. The Morgan fingerprint density at radius 1 is 1.37 bits per heavy atom. The second-order valence-corrected chi connectivity index (χ2v) is 5.35. The van der Waals surface area contributed by atoms with Crippen molar-refractivity contribution < 1.29 is 4.79 Å². The van der Waals surface area contributed by atoms with Crippen LogP contribution < -0.4 is 10.6 Å². The summed E-state index contributed by atoms with van der Waals surface area (Å²) >= 11 is 11.7. The molecule has 1 aliphatic heterocycles. The highest BCUT2D eigenvalue weighted by molar-refractivity contribution is 6.42. The molecule has 1 fully saturated rings. The van der Waals surface area contributed by atoms with Gasteiger partial charge in [-0.3, -0.25) is 4.79 Å². The van der Waals surface area contributed by atoms with Crippen LogP contribution in [0.3, 0.4) is 0 Å². The summed E-state index contributed by atoms with van der Waals surface area (Å²) in [5.74, 6) is 0.582. The van der Waals surface area contributed by atoms with Crippen LogP contribution in [-0.2, 0) is 0 Å². The van der Waals surface area contributed by atoms with E-state index in [2.05, 4.69) is 10.6 Å². The van der Waals surface area contributed by atoms with Crippen molar-refractivity contribution in [3.05, 3.63) is 33.8 Å². The van der Waals surface area contributed by atoms with E-state index in [-0.39, 0.29) is 18.3 Å². The fourth-order valence-electron chi connectivity index (χ4n) is 2.09. The van der Waals surface area contributed by atoms with Gasteiger partial charge in [0.1, 0.15) is 0 Å². The number of halogens is 3. The van der Waals surface area contributed by atoms with Gasteiger partial charge in [0.25, 0.3) is 5.91 Å². The topological polar surface area (TPSA) is 41.1 Å². The van der Waals surface area contributed by atoms with E-state index >= 15 is 0 Å². The van der Waals surface area contributed by atoms with E-state index in [1.165, 1.54) is 6.42 Å². The molecule has 1 aromatic rings. The Morgan fingerprint density at radius 3 is 2.79 bits per heavy atom. The second-order valence-electron chi connectivity index (χ2n) is 4.53. The number of hydrogen-bond acceptors (Lipinski definition) is 2. The molecule has 1 atom stereocenters. The fraction of sp³-hybridized carbons (Fsp3) is 0.462. The van der Waals surface area contributed by atoms with E-state index in [0.29, 0.717) is 28.1 Å². The zero-order chi connectivity index (χ0) is 13.0. The molecule has 0 radical (unpaired) electrons. The minimum atomic E-state index is -0.0977. The van der Waals surface area contributed by atoms with Gasteiger partial charge in [0.05, 0.1) is 10.0 Å². The third-order valence-corrected chi connectivity index (χ3v) is 3.92. The Balaban J connectivity index is 0.00000180. The van der Waals surface area contributed by atoms with Crippen LogP contribution in [0.2, 0.25) is 10.0 Å². The molecular weight excluding hydrogens is 307 g/mol. The molecule has 3 nitrogen and oxygen atoms in total. The van der Waals surface area contributed by atoms with Gasteiger partial charge in [-0.1, -0.05) is 23.2 Å². The Morgan fingerprint density at radius 2 is 2.16 bits per heavy atom. The molecular formula is C13H17Cl3N2O. The SMILES string of the molecule is Cl.O=C(NCCC1CCNC1)c1ccc(Cl)c(Cl)c1. The maximum Gasteiger partial charge on any atom is 0.251 e. The average molecular weight is 324 g/mol. The molecule has 2 rings (SSSR count). The van der Waals surface area contributed by atoms with E-state index in [1.54, 1.807) is 18.2 Å². The molecule has 2 N–H and O–H groups in total. The van der Waals surface area contributed by atoms with Crippen molar-refractivity contribution >= 4 is 41.5 Å². The third kappa shape index (κ3) is 4.84. The predicted molar refractivity (Wildman–Crippen MR) is 81.6 cm³/mol. The number of hydrogen-bond donors (Lipinski definition) is 2. The number of carbonyl (C=O) groups is 1. The summed E-state index contributed by atoms with van der Waals surface area (Å²) in [6.07, 6.45) is 2.21. The molecule has 1 saturated heterocycles. The lowest BCUT2D eigenvalue weighted by atomic mass is 10.1. The summed E-state index contributed by atoms with van der Waals surface area (Å²) < 4.78 is 0. The second kappa shape index (κ2) is 7.95. The molecule has 0 saturated carbocycles. The molecule has 19 heavy (non-hydrogen) atoms. The fourth-order valence-corrected chi connectivity index (χ4v) is 2.39. The van der Waals surface area contributed by atoms with E-state index in [4.69, 9.17) is 23.2 Å². The molecule has 0 aromatic heterocycles. The Kier molecular flexibility index (Phi) is 6.94. The molecule has 106 valence electrons. The lowest BCUT2D eigenvalue weighted by Crippen LogP contribution is -2.26. The first kappa shape index (κ1) is 16.6. The molecule has 0 bridgehead atoms. The van der Waals surface area contributed by atoms with Crippen molar-refractivity contribution in [2.45, 2.75) is 12.8 Å². The van der Waals surface area contributed by atoms with Crippen LogP contribution in [-0.4, -0.2) is 25.5 Å². The maximum absolute atomic E-state index is 11.9. The van der Waals surface area contributed by atoms with E-state index in [1.807, 2.05) is 0 Å². The maximum atomic E-state index is 11.9. The number of carbonyl (C=O) groups excluding carboxylic acids is 1. The normalized spacial score (nSPS) is 17.9. The van der Waals surface area contributed by atoms with Gasteiger partial charge in [-0.2, -0.15) is 0 Å². The van der Waals surface area contributed by atoms with Crippen LogP contribution in [0.25, 0.3) is 0 Å². The lowest BCUT2D eigenvalue weighted by Gasteiger charge is -2.09. The van der Waals surface area contributed by atoms with Crippen LogP contribution >= 0.6 is 35.6 Å². The first-order valence-electron chi connectivity index (χ1n) is 6.11. The Bertz CT molecular complexity index is 434. The van der Waals surface area contributed by atoms with Crippen molar-refractivity contribution in [2.75, 3.05) is 19.6 Å². The Hall–Kier alpha value is -0.480. The Labute approximate surface area is 129 Å². The molecule has 6 heteroatoms. The van der Waals surface area contributed by atoms with Crippen molar-refractivity contribution in [1.82, 2.24) is 10.6 Å². The largest absolute Gasteiger partial charge is 0.352 e. The van der Waals surface area contributed by atoms with Gasteiger partial charge in [-0.25, -0.2) is 0 Å². The molecule has 1 aromatic carbocycles. The van der Waals surface area contributed by atoms with E-state index in [0.717, 1.165) is 19.5 Å². The first-order chi connectivity index (χ1) is 8.66. The molecule has 1 heterocycles. The quantitative estimate of drug-likeness (QED) is 0.894. The monoisotopic (exact) mass is 322 g/mol. The third-order valence-electron chi connectivity index (χ3n) is 3.18. The number of rotatable bonds is 4. The van der Waals surface area contributed by atoms with Crippen LogP contribution in [0.4, 0.5) is 0 Å².